The number of nitriles is 1. The third kappa shape index (κ3) is 6.50. The van der Waals surface area contributed by atoms with E-state index in [1.54, 1.807) is 0 Å². The van der Waals surface area contributed by atoms with Gasteiger partial charge in [0.05, 0.1) is 29.8 Å². The van der Waals surface area contributed by atoms with Gasteiger partial charge in [0.25, 0.3) is 0 Å². The van der Waals surface area contributed by atoms with Crippen LogP contribution in [0, 0.1) is 29.1 Å². The molecule has 188 valence electrons. The van der Waals surface area contributed by atoms with E-state index >= 15 is 0 Å². The number of piperazine rings is 1. The molecular formula is C28H39N5O2. The minimum atomic E-state index is 0.122. The van der Waals surface area contributed by atoms with Crippen LogP contribution in [0.15, 0.2) is 36.8 Å². The predicted molar refractivity (Wildman–Crippen MR) is 135 cm³/mol. The van der Waals surface area contributed by atoms with Crippen molar-refractivity contribution in [2.24, 2.45) is 17.8 Å². The number of carbonyl (C=O) groups excluding carboxylic acids is 1. The van der Waals surface area contributed by atoms with Gasteiger partial charge in [-0.2, -0.15) is 5.26 Å². The molecule has 1 aromatic carbocycles. The van der Waals surface area contributed by atoms with E-state index in [4.69, 9.17) is 10.00 Å². The average Bonchev–Trinajstić information content (AvgIpc) is 3.29. The van der Waals surface area contributed by atoms with E-state index in [0.29, 0.717) is 23.3 Å². The highest BCUT2D eigenvalue weighted by atomic mass is 16.5. The number of benzene rings is 1. The van der Waals surface area contributed by atoms with E-state index in [9.17, 15) is 4.79 Å². The summed E-state index contributed by atoms with van der Waals surface area (Å²) in [7, 11) is 0. The summed E-state index contributed by atoms with van der Waals surface area (Å²) in [5, 5.41) is 8.99. The summed E-state index contributed by atoms with van der Waals surface area (Å²) in [6.07, 6.45) is 7.53. The molecule has 4 rings (SSSR count). The molecule has 2 heterocycles. The molecule has 1 saturated heterocycles. The SMILES string of the molecule is CC(C)C1C(C)CCCC1OCC(=O)N1CCN(Cc2cncn2Cc2ccc(C#N)cc2)CC1. The van der Waals surface area contributed by atoms with Gasteiger partial charge in [-0.15, -0.1) is 0 Å². The molecule has 3 atom stereocenters. The van der Waals surface area contributed by atoms with Gasteiger partial charge < -0.3 is 14.2 Å². The van der Waals surface area contributed by atoms with Crippen LogP contribution in [0.4, 0.5) is 0 Å². The van der Waals surface area contributed by atoms with Gasteiger partial charge in [0, 0.05) is 45.5 Å². The molecule has 3 unspecified atom stereocenters. The molecule has 0 N–H and O–H groups in total. The van der Waals surface area contributed by atoms with Crippen molar-refractivity contribution < 1.29 is 9.53 Å². The van der Waals surface area contributed by atoms with Crippen LogP contribution >= 0.6 is 0 Å². The van der Waals surface area contributed by atoms with Crippen molar-refractivity contribution in [1.82, 2.24) is 19.4 Å². The molecule has 2 aliphatic rings. The Labute approximate surface area is 209 Å². The summed E-state index contributed by atoms with van der Waals surface area (Å²) in [5.41, 5.74) is 2.97. The molecule has 0 spiro atoms. The summed E-state index contributed by atoms with van der Waals surface area (Å²) in [5.74, 6) is 1.91. The van der Waals surface area contributed by atoms with E-state index < -0.39 is 0 Å². The van der Waals surface area contributed by atoms with E-state index in [-0.39, 0.29) is 18.6 Å². The summed E-state index contributed by atoms with van der Waals surface area (Å²) < 4.78 is 8.36. The molecule has 7 heteroatoms. The average molecular weight is 478 g/mol. The monoisotopic (exact) mass is 477 g/mol. The lowest BCUT2D eigenvalue weighted by atomic mass is 9.72. The molecule has 0 bridgehead atoms. The van der Waals surface area contributed by atoms with E-state index in [2.05, 4.69) is 41.3 Å². The summed E-state index contributed by atoms with van der Waals surface area (Å²) in [4.78, 5) is 21.6. The molecule has 1 aromatic heterocycles. The molecular weight excluding hydrogens is 438 g/mol. The third-order valence-electron chi connectivity index (χ3n) is 7.77. The van der Waals surface area contributed by atoms with Gasteiger partial charge >= 0.3 is 0 Å². The number of rotatable bonds is 8. The number of ether oxygens (including phenoxy) is 1. The molecule has 1 aliphatic heterocycles. The fraction of sp³-hybridized carbons (Fsp3) is 0.607. The van der Waals surface area contributed by atoms with Gasteiger partial charge in [0.2, 0.25) is 5.91 Å². The Morgan fingerprint density at radius 1 is 1.14 bits per heavy atom. The Balaban J connectivity index is 1.24. The highest BCUT2D eigenvalue weighted by Crippen LogP contribution is 2.36. The molecule has 1 saturated carbocycles. The van der Waals surface area contributed by atoms with Gasteiger partial charge in [-0.05, 0) is 41.9 Å². The van der Waals surface area contributed by atoms with Gasteiger partial charge in [-0.3, -0.25) is 9.69 Å². The lowest BCUT2D eigenvalue weighted by Crippen LogP contribution is -2.50. The Kier molecular flexibility index (Phi) is 8.59. The zero-order valence-electron chi connectivity index (χ0n) is 21.4. The maximum absolute atomic E-state index is 12.9. The van der Waals surface area contributed by atoms with E-state index in [1.165, 1.54) is 12.8 Å². The van der Waals surface area contributed by atoms with Gasteiger partial charge in [0.1, 0.15) is 6.61 Å². The Bertz CT molecular complexity index is 1000. The number of carbonyl (C=O) groups is 1. The standard InChI is InChI=1S/C28H39N5O2/c1-21(2)28-22(3)5-4-6-26(28)35-19-27(34)32-13-11-31(12-14-32)18-25-16-30-20-33(25)17-24-9-7-23(15-29)8-10-24/h7-10,16,20-22,26,28H,4-6,11-14,17-19H2,1-3H3. The first-order valence-electron chi connectivity index (χ1n) is 13.0. The first-order valence-corrected chi connectivity index (χ1v) is 13.0. The molecule has 1 amide bonds. The summed E-state index contributed by atoms with van der Waals surface area (Å²) >= 11 is 0. The highest BCUT2D eigenvalue weighted by Gasteiger charge is 2.34. The fourth-order valence-corrected chi connectivity index (χ4v) is 5.83. The number of nitrogens with zero attached hydrogens (tertiary/aromatic N) is 5. The van der Waals surface area contributed by atoms with E-state index in [0.717, 1.165) is 56.9 Å². The van der Waals surface area contributed by atoms with Crippen molar-refractivity contribution in [1.29, 1.82) is 5.26 Å². The van der Waals surface area contributed by atoms with Crippen LogP contribution in [0.2, 0.25) is 0 Å². The van der Waals surface area contributed by atoms with Crippen LogP contribution < -0.4 is 0 Å². The smallest absolute Gasteiger partial charge is 0.248 e. The van der Waals surface area contributed by atoms with Crippen molar-refractivity contribution in [3.63, 3.8) is 0 Å². The molecule has 2 aromatic rings. The van der Waals surface area contributed by atoms with Gasteiger partial charge in [-0.1, -0.05) is 45.7 Å². The van der Waals surface area contributed by atoms with Crippen molar-refractivity contribution in [2.45, 2.75) is 59.2 Å². The zero-order chi connectivity index (χ0) is 24.8. The molecule has 7 nitrogen and oxygen atoms in total. The maximum Gasteiger partial charge on any atom is 0.248 e. The largest absolute Gasteiger partial charge is 0.368 e. The molecule has 0 radical (unpaired) electrons. The first-order chi connectivity index (χ1) is 16.9. The fourth-order valence-electron chi connectivity index (χ4n) is 5.83. The lowest BCUT2D eigenvalue weighted by Gasteiger charge is -2.39. The van der Waals surface area contributed by atoms with Crippen LogP contribution in [0.5, 0.6) is 0 Å². The van der Waals surface area contributed by atoms with Gasteiger partial charge in [-0.25, -0.2) is 4.98 Å². The van der Waals surface area contributed by atoms with Crippen molar-refractivity contribution in [3.05, 3.63) is 53.6 Å². The Morgan fingerprint density at radius 3 is 2.57 bits per heavy atom. The number of hydrogen-bond acceptors (Lipinski definition) is 5. The molecule has 1 aliphatic carbocycles. The van der Waals surface area contributed by atoms with E-state index in [1.807, 2.05) is 41.7 Å². The minimum Gasteiger partial charge on any atom is -0.368 e. The van der Waals surface area contributed by atoms with Crippen LogP contribution in [-0.2, 0) is 22.6 Å². The second-order valence-electron chi connectivity index (χ2n) is 10.6. The topological polar surface area (TPSA) is 74.4 Å². The van der Waals surface area contributed by atoms with Crippen molar-refractivity contribution >= 4 is 5.91 Å². The molecule has 2 fully saturated rings. The highest BCUT2D eigenvalue weighted by molar-refractivity contribution is 5.77. The number of imidazole rings is 1. The zero-order valence-corrected chi connectivity index (χ0v) is 21.4. The summed E-state index contributed by atoms with van der Waals surface area (Å²) in [6.45, 7) is 11.8. The van der Waals surface area contributed by atoms with Crippen molar-refractivity contribution in [3.8, 4) is 6.07 Å². The van der Waals surface area contributed by atoms with Gasteiger partial charge in [0.15, 0.2) is 0 Å². The minimum absolute atomic E-state index is 0.122. The second kappa shape index (κ2) is 11.8. The maximum atomic E-state index is 12.9. The Morgan fingerprint density at radius 2 is 1.89 bits per heavy atom. The van der Waals surface area contributed by atoms with Crippen LogP contribution in [0.1, 0.15) is 56.9 Å². The van der Waals surface area contributed by atoms with Crippen LogP contribution in [0.25, 0.3) is 0 Å². The normalized spacial score (nSPS) is 23.4. The summed E-state index contributed by atoms with van der Waals surface area (Å²) in [6, 6.07) is 9.85. The van der Waals surface area contributed by atoms with Crippen LogP contribution in [-0.4, -0.2) is 64.1 Å². The first kappa shape index (κ1) is 25.4. The molecule has 35 heavy (non-hydrogen) atoms. The lowest BCUT2D eigenvalue weighted by molar-refractivity contribution is -0.143. The second-order valence-corrected chi connectivity index (χ2v) is 10.6. The Hall–Kier alpha value is -2.69. The number of amides is 1. The van der Waals surface area contributed by atoms with Crippen LogP contribution in [0.3, 0.4) is 0 Å². The quantitative estimate of drug-likeness (QED) is 0.576. The third-order valence-corrected chi connectivity index (χ3v) is 7.77. The van der Waals surface area contributed by atoms with Crippen molar-refractivity contribution in [2.75, 3.05) is 32.8 Å². The number of aromatic nitrogens is 2. The number of hydrogen-bond donors (Lipinski definition) is 0. The predicted octanol–water partition coefficient (Wildman–Crippen LogP) is 3.92.